The molecule has 5 rings (SSSR count). The lowest BCUT2D eigenvalue weighted by Gasteiger charge is -2.34. The van der Waals surface area contributed by atoms with Crippen LogP contribution in [0.25, 0.3) is 22.7 Å². The van der Waals surface area contributed by atoms with Gasteiger partial charge in [-0.1, -0.05) is 18.2 Å². The molecule has 8 nitrogen and oxygen atoms in total. The summed E-state index contributed by atoms with van der Waals surface area (Å²) in [6.45, 7) is 1.75. The lowest BCUT2D eigenvalue weighted by Crippen LogP contribution is -2.41. The number of morpholine rings is 1. The van der Waals surface area contributed by atoms with E-state index in [1.54, 1.807) is 30.1 Å². The van der Waals surface area contributed by atoms with E-state index < -0.39 is 0 Å². The van der Waals surface area contributed by atoms with E-state index >= 15 is 0 Å². The minimum absolute atomic E-state index is 0.138. The van der Waals surface area contributed by atoms with Crippen molar-refractivity contribution in [3.63, 3.8) is 0 Å². The Morgan fingerprint density at radius 3 is 2.84 bits per heavy atom. The predicted molar refractivity (Wildman–Crippen MR) is 116 cm³/mol. The topological polar surface area (TPSA) is 86.3 Å². The van der Waals surface area contributed by atoms with Crippen LogP contribution in [-0.4, -0.2) is 39.2 Å². The van der Waals surface area contributed by atoms with Crippen LogP contribution < -0.4 is 10.5 Å². The standard InChI is InChI=1S/C23H21N5O3/c1-27-22(29)13-19(18-7-8-24-15-25-18)26-23(27)28-9-11-31-21(14-28)17-5-2-4-16(12-17)20-6-3-10-30-20/h2-8,10,12-13,15,21H,9,11,14H2,1H3. The highest BCUT2D eigenvalue weighted by molar-refractivity contribution is 5.59. The molecule has 1 aromatic carbocycles. The first-order valence-corrected chi connectivity index (χ1v) is 10.0. The Morgan fingerprint density at radius 1 is 1.10 bits per heavy atom. The Balaban J connectivity index is 1.46. The molecule has 1 aliphatic rings. The van der Waals surface area contributed by atoms with Gasteiger partial charge in [0.2, 0.25) is 5.95 Å². The van der Waals surface area contributed by atoms with Crippen molar-refractivity contribution in [2.75, 3.05) is 24.6 Å². The summed E-state index contributed by atoms with van der Waals surface area (Å²) >= 11 is 0. The quantitative estimate of drug-likeness (QED) is 0.506. The Labute approximate surface area is 178 Å². The molecule has 1 aliphatic heterocycles. The van der Waals surface area contributed by atoms with Crippen molar-refractivity contribution in [1.29, 1.82) is 0 Å². The number of hydrogen-bond acceptors (Lipinski definition) is 7. The fraction of sp³-hybridized carbons (Fsp3) is 0.217. The maximum absolute atomic E-state index is 12.6. The SMILES string of the molecule is Cn1c(N2CCOC(c3cccc(-c4ccco4)c3)C2)nc(-c2ccncn2)cc1=O. The molecule has 0 saturated carbocycles. The fourth-order valence-corrected chi connectivity index (χ4v) is 3.75. The van der Waals surface area contributed by atoms with Crippen LogP contribution in [0.5, 0.6) is 0 Å². The molecular formula is C23H21N5O3. The Hall–Kier alpha value is -3.78. The highest BCUT2D eigenvalue weighted by atomic mass is 16.5. The summed E-state index contributed by atoms with van der Waals surface area (Å²) in [6, 6.07) is 15.2. The van der Waals surface area contributed by atoms with Gasteiger partial charge in [0.1, 0.15) is 18.2 Å². The molecule has 4 heterocycles. The van der Waals surface area contributed by atoms with E-state index in [0.717, 1.165) is 16.9 Å². The van der Waals surface area contributed by atoms with Gasteiger partial charge in [-0.15, -0.1) is 0 Å². The van der Waals surface area contributed by atoms with Crippen LogP contribution in [0, 0.1) is 0 Å². The van der Waals surface area contributed by atoms with Crippen LogP contribution in [-0.2, 0) is 11.8 Å². The minimum Gasteiger partial charge on any atom is -0.464 e. The van der Waals surface area contributed by atoms with E-state index in [2.05, 4.69) is 20.9 Å². The molecule has 0 radical (unpaired) electrons. The predicted octanol–water partition coefficient (Wildman–Crippen LogP) is 3.08. The van der Waals surface area contributed by atoms with Crippen molar-refractivity contribution in [2.45, 2.75) is 6.10 Å². The molecule has 1 fully saturated rings. The third kappa shape index (κ3) is 3.85. The first-order valence-electron chi connectivity index (χ1n) is 10.0. The van der Waals surface area contributed by atoms with Gasteiger partial charge in [-0.25, -0.2) is 15.0 Å². The summed E-state index contributed by atoms with van der Waals surface area (Å²) in [5, 5.41) is 0. The maximum atomic E-state index is 12.6. The van der Waals surface area contributed by atoms with Gasteiger partial charge >= 0.3 is 0 Å². The van der Waals surface area contributed by atoms with E-state index in [4.69, 9.17) is 14.1 Å². The zero-order valence-corrected chi connectivity index (χ0v) is 17.0. The maximum Gasteiger partial charge on any atom is 0.255 e. The summed E-state index contributed by atoms with van der Waals surface area (Å²) in [5.74, 6) is 1.41. The highest BCUT2D eigenvalue weighted by Crippen LogP contribution is 2.29. The van der Waals surface area contributed by atoms with Crippen molar-refractivity contribution in [2.24, 2.45) is 7.05 Å². The molecule has 0 aliphatic carbocycles. The van der Waals surface area contributed by atoms with Crippen molar-refractivity contribution in [3.05, 3.63) is 83.2 Å². The molecule has 1 saturated heterocycles. The normalized spacial score (nSPS) is 16.4. The molecule has 1 atom stereocenters. The molecule has 8 heteroatoms. The molecule has 3 aromatic heterocycles. The summed E-state index contributed by atoms with van der Waals surface area (Å²) in [5.41, 5.74) is 3.06. The van der Waals surface area contributed by atoms with E-state index in [-0.39, 0.29) is 11.7 Å². The third-order valence-corrected chi connectivity index (χ3v) is 5.37. The van der Waals surface area contributed by atoms with Crippen molar-refractivity contribution in [1.82, 2.24) is 19.5 Å². The molecule has 0 spiro atoms. The number of benzene rings is 1. The van der Waals surface area contributed by atoms with Crippen LogP contribution in [0.2, 0.25) is 0 Å². The highest BCUT2D eigenvalue weighted by Gasteiger charge is 2.25. The van der Waals surface area contributed by atoms with E-state index in [1.807, 2.05) is 30.3 Å². The second-order valence-electron chi connectivity index (χ2n) is 7.34. The Bertz CT molecular complexity index is 1240. The minimum atomic E-state index is -0.150. The van der Waals surface area contributed by atoms with Crippen LogP contribution in [0.15, 0.2) is 76.5 Å². The van der Waals surface area contributed by atoms with Gasteiger partial charge in [-0.05, 0) is 29.8 Å². The fourth-order valence-electron chi connectivity index (χ4n) is 3.75. The number of furan rings is 1. The first-order chi connectivity index (χ1) is 15.2. The van der Waals surface area contributed by atoms with Crippen molar-refractivity contribution < 1.29 is 9.15 Å². The number of rotatable bonds is 4. The molecule has 0 amide bonds. The van der Waals surface area contributed by atoms with Crippen LogP contribution in [0.1, 0.15) is 11.7 Å². The zero-order valence-electron chi connectivity index (χ0n) is 17.0. The number of ether oxygens (including phenoxy) is 1. The summed E-state index contributed by atoms with van der Waals surface area (Å²) < 4.78 is 13.2. The van der Waals surface area contributed by atoms with Crippen LogP contribution in [0.3, 0.4) is 0 Å². The monoisotopic (exact) mass is 415 g/mol. The van der Waals surface area contributed by atoms with Gasteiger partial charge in [-0.2, -0.15) is 0 Å². The summed E-state index contributed by atoms with van der Waals surface area (Å²) in [4.78, 5) is 27.6. The average molecular weight is 415 g/mol. The second kappa shape index (κ2) is 8.16. The lowest BCUT2D eigenvalue weighted by atomic mass is 10.0. The van der Waals surface area contributed by atoms with Gasteiger partial charge in [0, 0.05) is 31.4 Å². The molecule has 4 aromatic rings. The van der Waals surface area contributed by atoms with E-state index in [9.17, 15) is 4.79 Å². The zero-order chi connectivity index (χ0) is 21.2. The Morgan fingerprint density at radius 2 is 2.03 bits per heavy atom. The second-order valence-corrected chi connectivity index (χ2v) is 7.34. The molecule has 31 heavy (non-hydrogen) atoms. The lowest BCUT2D eigenvalue weighted by molar-refractivity contribution is 0.0390. The van der Waals surface area contributed by atoms with Crippen molar-refractivity contribution >= 4 is 5.95 Å². The van der Waals surface area contributed by atoms with Gasteiger partial charge in [0.05, 0.1) is 30.8 Å². The summed E-state index contributed by atoms with van der Waals surface area (Å²) in [6.07, 6.45) is 4.60. The molecule has 156 valence electrons. The van der Waals surface area contributed by atoms with Crippen LogP contribution in [0.4, 0.5) is 5.95 Å². The summed E-state index contributed by atoms with van der Waals surface area (Å²) in [7, 11) is 1.73. The van der Waals surface area contributed by atoms with E-state index in [1.165, 1.54) is 12.4 Å². The van der Waals surface area contributed by atoms with Gasteiger partial charge < -0.3 is 14.1 Å². The van der Waals surface area contributed by atoms with Gasteiger partial charge in [0.15, 0.2) is 0 Å². The first kappa shape index (κ1) is 19.2. The smallest absolute Gasteiger partial charge is 0.255 e. The Kier molecular flexibility index (Phi) is 5.05. The number of anilines is 1. The molecule has 0 N–H and O–H groups in total. The molecular weight excluding hydrogens is 394 g/mol. The molecule has 0 bridgehead atoms. The largest absolute Gasteiger partial charge is 0.464 e. The average Bonchev–Trinajstić information content (AvgIpc) is 3.37. The number of aromatic nitrogens is 4. The number of hydrogen-bond donors (Lipinski definition) is 0. The third-order valence-electron chi connectivity index (χ3n) is 5.37. The molecule has 1 unspecified atom stereocenters. The van der Waals surface area contributed by atoms with Gasteiger partial charge in [-0.3, -0.25) is 9.36 Å². The van der Waals surface area contributed by atoms with Gasteiger partial charge in [0.25, 0.3) is 5.56 Å². The van der Waals surface area contributed by atoms with Crippen molar-refractivity contribution in [3.8, 4) is 22.7 Å². The number of nitrogens with zero attached hydrogens (tertiary/aromatic N) is 5. The van der Waals surface area contributed by atoms with E-state index in [0.29, 0.717) is 37.0 Å². The van der Waals surface area contributed by atoms with Crippen LogP contribution >= 0.6 is 0 Å².